The summed E-state index contributed by atoms with van der Waals surface area (Å²) in [5, 5.41) is 2.57. The molecule has 0 radical (unpaired) electrons. The molecule has 0 aliphatic heterocycles. The molecule has 0 atom stereocenters. The van der Waals surface area contributed by atoms with Crippen LogP contribution in [0.5, 0.6) is 0 Å². The summed E-state index contributed by atoms with van der Waals surface area (Å²) in [5.41, 5.74) is 1.44. The second-order valence-corrected chi connectivity index (χ2v) is 6.57. The molecule has 2 aromatic rings. The molecule has 0 aliphatic rings. The molecule has 0 aliphatic carbocycles. The molecule has 0 saturated heterocycles. The van der Waals surface area contributed by atoms with Crippen molar-refractivity contribution in [3.63, 3.8) is 0 Å². The van der Waals surface area contributed by atoms with Crippen LogP contribution in [0.4, 0.5) is 15.8 Å². The van der Waals surface area contributed by atoms with Gasteiger partial charge in [-0.2, -0.15) is 0 Å². The van der Waals surface area contributed by atoms with Crippen LogP contribution >= 0.6 is 0 Å². The number of halogens is 1. The lowest BCUT2D eigenvalue weighted by atomic mass is 10.1. The Hall–Kier alpha value is -2.41. The standard InChI is InChI=1S/C15H15FN2O3S/c1-10-13(7-4-8-14(10)18-22(2,20)21)15(19)17-12-6-3-5-11(16)9-12/h3-9,18H,1-2H3,(H,17,19). The van der Waals surface area contributed by atoms with Gasteiger partial charge in [-0.3, -0.25) is 9.52 Å². The molecule has 22 heavy (non-hydrogen) atoms. The fraction of sp³-hybridized carbons (Fsp3) is 0.133. The number of hydrogen-bond acceptors (Lipinski definition) is 3. The lowest BCUT2D eigenvalue weighted by molar-refractivity contribution is 0.102. The summed E-state index contributed by atoms with van der Waals surface area (Å²) in [4.78, 5) is 12.3. The van der Waals surface area contributed by atoms with Crippen molar-refractivity contribution in [2.45, 2.75) is 6.92 Å². The van der Waals surface area contributed by atoms with Gasteiger partial charge in [0.25, 0.3) is 5.91 Å². The maximum Gasteiger partial charge on any atom is 0.256 e. The van der Waals surface area contributed by atoms with Crippen LogP contribution in [-0.2, 0) is 10.0 Å². The summed E-state index contributed by atoms with van der Waals surface area (Å²) in [7, 11) is -3.44. The van der Waals surface area contributed by atoms with Crippen LogP contribution in [0.25, 0.3) is 0 Å². The van der Waals surface area contributed by atoms with Gasteiger partial charge in [-0.15, -0.1) is 0 Å². The van der Waals surface area contributed by atoms with E-state index >= 15 is 0 Å². The maximum atomic E-state index is 13.1. The van der Waals surface area contributed by atoms with Crippen molar-refractivity contribution in [2.75, 3.05) is 16.3 Å². The topological polar surface area (TPSA) is 75.3 Å². The average Bonchev–Trinajstić information content (AvgIpc) is 2.39. The number of carbonyl (C=O) groups is 1. The third-order valence-electron chi connectivity index (χ3n) is 2.96. The zero-order valence-electron chi connectivity index (χ0n) is 12.1. The van der Waals surface area contributed by atoms with Gasteiger partial charge in [0.2, 0.25) is 10.0 Å². The smallest absolute Gasteiger partial charge is 0.256 e. The molecule has 0 aromatic heterocycles. The minimum Gasteiger partial charge on any atom is -0.322 e. The van der Waals surface area contributed by atoms with Crippen molar-refractivity contribution in [3.8, 4) is 0 Å². The lowest BCUT2D eigenvalue weighted by Gasteiger charge is -2.12. The van der Waals surface area contributed by atoms with E-state index in [1.807, 2.05) is 0 Å². The molecule has 0 heterocycles. The Morgan fingerprint density at radius 1 is 1.14 bits per heavy atom. The van der Waals surface area contributed by atoms with Crippen molar-refractivity contribution in [1.29, 1.82) is 0 Å². The minimum atomic E-state index is -3.44. The van der Waals surface area contributed by atoms with Crippen LogP contribution < -0.4 is 10.0 Å². The van der Waals surface area contributed by atoms with E-state index in [1.54, 1.807) is 31.2 Å². The molecular formula is C15H15FN2O3S. The summed E-state index contributed by atoms with van der Waals surface area (Å²) in [6.45, 7) is 1.63. The Labute approximate surface area is 128 Å². The van der Waals surface area contributed by atoms with Crippen LogP contribution in [0.15, 0.2) is 42.5 Å². The van der Waals surface area contributed by atoms with Gasteiger partial charge in [-0.25, -0.2) is 12.8 Å². The normalized spacial score (nSPS) is 11.0. The van der Waals surface area contributed by atoms with Crippen molar-refractivity contribution in [1.82, 2.24) is 0 Å². The van der Waals surface area contributed by atoms with E-state index in [0.717, 1.165) is 6.26 Å². The fourth-order valence-electron chi connectivity index (χ4n) is 1.96. The van der Waals surface area contributed by atoms with Gasteiger partial charge in [0.05, 0.1) is 11.9 Å². The molecule has 116 valence electrons. The van der Waals surface area contributed by atoms with Crippen LogP contribution in [0.2, 0.25) is 0 Å². The lowest BCUT2D eigenvalue weighted by Crippen LogP contribution is -2.16. The van der Waals surface area contributed by atoms with Gasteiger partial charge in [-0.1, -0.05) is 12.1 Å². The Kier molecular flexibility index (Phi) is 4.46. The van der Waals surface area contributed by atoms with E-state index in [4.69, 9.17) is 0 Å². The second-order valence-electron chi connectivity index (χ2n) is 4.82. The maximum absolute atomic E-state index is 13.1. The predicted octanol–water partition coefficient (Wildman–Crippen LogP) is 2.76. The third-order valence-corrected chi connectivity index (χ3v) is 3.55. The molecule has 2 rings (SSSR count). The van der Waals surface area contributed by atoms with E-state index < -0.39 is 21.7 Å². The summed E-state index contributed by atoms with van der Waals surface area (Å²) in [6, 6.07) is 10.2. The first-order valence-electron chi connectivity index (χ1n) is 6.40. The van der Waals surface area contributed by atoms with Gasteiger partial charge in [0.15, 0.2) is 0 Å². The number of amides is 1. The SMILES string of the molecule is Cc1c(NS(C)(=O)=O)cccc1C(=O)Nc1cccc(F)c1. The average molecular weight is 322 g/mol. The van der Waals surface area contributed by atoms with E-state index in [-0.39, 0.29) is 0 Å². The van der Waals surface area contributed by atoms with E-state index in [2.05, 4.69) is 10.0 Å². The molecule has 0 bridgehead atoms. The van der Waals surface area contributed by atoms with Gasteiger partial charge < -0.3 is 5.32 Å². The van der Waals surface area contributed by atoms with Crippen LogP contribution in [-0.4, -0.2) is 20.6 Å². The third kappa shape index (κ3) is 4.05. The zero-order chi connectivity index (χ0) is 16.3. The van der Waals surface area contributed by atoms with E-state index in [1.165, 1.54) is 18.2 Å². The highest BCUT2D eigenvalue weighted by atomic mass is 32.2. The molecule has 5 nitrogen and oxygen atoms in total. The summed E-state index contributed by atoms with van der Waals surface area (Å²) in [6.07, 6.45) is 1.03. The second kappa shape index (κ2) is 6.15. The number of benzene rings is 2. The first kappa shape index (κ1) is 16.0. The first-order valence-corrected chi connectivity index (χ1v) is 8.30. The quantitative estimate of drug-likeness (QED) is 0.909. The van der Waals surface area contributed by atoms with Crippen molar-refractivity contribution in [2.24, 2.45) is 0 Å². The highest BCUT2D eigenvalue weighted by Gasteiger charge is 2.14. The molecule has 0 saturated carbocycles. The summed E-state index contributed by atoms with van der Waals surface area (Å²) in [5.74, 6) is -0.901. The van der Waals surface area contributed by atoms with Gasteiger partial charge in [-0.05, 0) is 42.8 Å². The number of anilines is 2. The molecule has 0 fully saturated rings. The number of rotatable bonds is 4. The number of nitrogens with one attached hydrogen (secondary N) is 2. The molecule has 2 aromatic carbocycles. The summed E-state index contributed by atoms with van der Waals surface area (Å²) < 4.78 is 38.1. The van der Waals surface area contributed by atoms with Crippen molar-refractivity contribution in [3.05, 3.63) is 59.4 Å². The van der Waals surface area contributed by atoms with Crippen molar-refractivity contribution >= 4 is 27.3 Å². The Bertz CT molecular complexity index is 819. The number of hydrogen-bond donors (Lipinski definition) is 2. The molecular weight excluding hydrogens is 307 g/mol. The van der Waals surface area contributed by atoms with E-state index in [0.29, 0.717) is 22.5 Å². The van der Waals surface area contributed by atoms with Crippen molar-refractivity contribution < 1.29 is 17.6 Å². The highest BCUT2D eigenvalue weighted by molar-refractivity contribution is 7.92. The molecule has 0 unspecified atom stereocenters. The summed E-state index contributed by atoms with van der Waals surface area (Å²) >= 11 is 0. The van der Waals surface area contributed by atoms with Crippen LogP contribution in [0.3, 0.4) is 0 Å². The monoisotopic (exact) mass is 322 g/mol. The van der Waals surface area contributed by atoms with Crippen LogP contribution in [0.1, 0.15) is 15.9 Å². The van der Waals surface area contributed by atoms with Crippen LogP contribution in [0, 0.1) is 12.7 Å². The van der Waals surface area contributed by atoms with Gasteiger partial charge >= 0.3 is 0 Å². The first-order chi connectivity index (χ1) is 10.3. The number of sulfonamides is 1. The Balaban J connectivity index is 2.28. The largest absolute Gasteiger partial charge is 0.322 e. The van der Waals surface area contributed by atoms with Gasteiger partial charge in [0, 0.05) is 11.3 Å². The molecule has 1 amide bonds. The predicted molar refractivity (Wildman–Crippen MR) is 84.0 cm³/mol. The van der Waals surface area contributed by atoms with Gasteiger partial charge in [0.1, 0.15) is 5.82 Å². The fourth-order valence-corrected chi connectivity index (χ4v) is 2.58. The molecule has 7 heteroatoms. The molecule has 0 spiro atoms. The molecule has 2 N–H and O–H groups in total. The Morgan fingerprint density at radius 2 is 1.82 bits per heavy atom. The minimum absolute atomic E-state index is 0.304. The van der Waals surface area contributed by atoms with E-state index in [9.17, 15) is 17.6 Å². The Morgan fingerprint density at radius 3 is 2.45 bits per heavy atom. The number of carbonyl (C=O) groups excluding carboxylic acids is 1. The highest BCUT2D eigenvalue weighted by Crippen LogP contribution is 2.21. The zero-order valence-corrected chi connectivity index (χ0v) is 12.9.